The van der Waals surface area contributed by atoms with Gasteiger partial charge >= 0.3 is 0 Å². The van der Waals surface area contributed by atoms with Crippen LogP contribution in [0.5, 0.6) is 0 Å². The maximum atomic E-state index is 6.10. The number of hydrogen-bond acceptors (Lipinski definition) is 5. The first-order valence-corrected chi connectivity index (χ1v) is 12.4. The van der Waals surface area contributed by atoms with Gasteiger partial charge in [-0.25, -0.2) is 0 Å². The topological polar surface area (TPSA) is 34.0 Å². The normalized spacial score (nSPS) is 28.6. The first-order valence-electron chi connectivity index (χ1n) is 10.2. The second-order valence-electron chi connectivity index (χ2n) is 8.37. The highest BCUT2D eigenvalue weighted by Crippen LogP contribution is 2.58. The van der Waals surface area contributed by atoms with Crippen molar-refractivity contribution < 1.29 is 0 Å². The maximum Gasteiger partial charge on any atom is 0.190 e. The van der Waals surface area contributed by atoms with Gasteiger partial charge in [0, 0.05) is 31.3 Å². The Hall–Kier alpha value is -0.885. The zero-order valence-electron chi connectivity index (χ0n) is 16.6. The van der Waals surface area contributed by atoms with Crippen molar-refractivity contribution in [3.8, 4) is 0 Å². The molecule has 1 aliphatic carbocycles. The molecule has 2 aliphatic heterocycles. The van der Waals surface area contributed by atoms with Crippen molar-refractivity contribution in [3.63, 3.8) is 0 Å². The van der Waals surface area contributed by atoms with Gasteiger partial charge < -0.3 is 9.47 Å². The van der Waals surface area contributed by atoms with Crippen LogP contribution < -0.4 is 5.46 Å². The second kappa shape index (κ2) is 7.99. The third-order valence-corrected chi connectivity index (χ3v) is 9.06. The number of thioether (sulfide) groups is 2. The predicted octanol–water partition coefficient (Wildman–Crippen LogP) is 3.62. The van der Waals surface area contributed by atoms with Crippen LogP contribution in [-0.2, 0) is 12.5 Å². The molecule has 2 aromatic rings. The number of aromatic nitrogens is 3. The number of fused-ring (bicyclic) bond motifs is 1. The van der Waals surface area contributed by atoms with E-state index in [-0.39, 0.29) is 0 Å². The molecule has 1 saturated heterocycles. The summed E-state index contributed by atoms with van der Waals surface area (Å²) in [6, 6.07) is 8.54. The molecule has 150 valence electrons. The Bertz CT molecular complexity index is 931. The van der Waals surface area contributed by atoms with E-state index in [4.69, 9.17) is 19.4 Å². The van der Waals surface area contributed by atoms with E-state index in [1.165, 1.54) is 31.5 Å². The minimum Gasteiger partial charge on any atom is -0.308 e. The maximum absolute atomic E-state index is 6.10. The van der Waals surface area contributed by atoms with Gasteiger partial charge in [0.1, 0.15) is 13.7 Å². The van der Waals surface area contributed by atoms with Crippen molar-refractivity contribution >= 4 is 48.4 Å². The van der Waals surface area contributed by atoms with Crippen molar-refractivity contribution in [2.45, 2.75) is 35.1 Å². The van der Waals surface area contributed by atoms with Gasteiger partial charge in [0.15, 0.2) is 5.16 Å². The van der Waals surface area contributed by atoms with Crippen LogP contribution in [-0.4, -0.2) is 52.9 Å². The number of nitrogens with zero attached hydrogens (tertiary/aromatic N) is 4. The van der Waals surface area contributed by atoms with Crippen LogP contribution in [0.3, 0.4) is 0 Å². The van der Waals surface area contributed by atoms with E-state index < -0.39 is 0 Å². The van der Waals surface area contributed by atoms with Gasteiger partial charge in [-0.15, -0.1) is 22.0 Å². The molecule has 2 radical (unpaired) electrons. The molecule has 1 aromatic carbocycles. The van der Waals surface area contributed by atoms with Gasteiger partial charge in [-0.2, -0.15) is 0 Å². The number of rotatable bonds is 7. The SMILES string of the molecule is [B]c1ccc(C23CC2CN(CCCSc2nnc(C4CC=C(Cl)S4)n2C)C3)cc1. The molecule has 4 nitrogen and oxygen atoms in total. The summed E-state index contributed by atoms with van der Waals surface area (Å²) in [5.41, 5.74) is 2.72. The van der Waals surface area contributed by atoms with Crippen LogP contribution in [0.4, 0.5) is 0 Å². The monoisotopic (exact) mass is 442 g/mol. The molecule has 5 rings (SSSR count). The molecule has 0 bridgehead atoms. The molecule has 3 aliphatic rings. The standard InChI is InChI=1S/C21H24BClN4S2/c1-26-19(17-7-8-18(23)29-17)24-25-20(26)28-10-2-9-27-12-15-11-21(15,13-27)14-3-5-16(22)6-4-14/h3-6,8,15,17H,2,7,9-13H2,1H3. The lowest BCUT2D eigenvalue weighted by molar-refractivity contribution is 0.299. The van der Waals surface area contributed by atoms with Gasteiger partial charge in [0.05, 0.1) is 9.61 Å². The van der Waals surface area contributed by atoms with Gasteiger partial charge in [-0.1, -0.05) is 59.2 Å². The average molecular weight is 443 g/mol. The minimum absolute atomic E-state index is 0.301. The molecule has 0 N–H and O–H groups in total. The Balaban J connectivity index is 1.09. The molecule has 3 heterocycles. The van der Waals surface area contributed by atoms with Crippen molar-refractivity contribution in [1.82, 2.24) is 19.7 Å². The lowest BCUT2D eigenvalue weighted by Crippen LogP contribution is -2.28. The minimum atomic E-state index is 0.301. The summed E-state index contributed by atoms with van der Waals surface area (Å²) >= 11 is 9.58. The first kappa shape index (κ1) is 20.0. The van der Waals surface area contributed by atoms with Gasteiger partial charge in [-0.05, 0) is 37.3 Å². The largest absolute Gasteiger partial charge is 0.308 e. The van der Waals surface area contributed by atoms with Crippen LogP contribution in [0.15, 0.2) is 39.9 Å². The van der Waals surface area contributed by atoms with E-state index in [2.05, 4.69) is 44.9 Å². The Labute approximate surface area is 187 Å². The number of benzene rings is 1. The average Bonchev–Trinajstić information content (AvgIpc) is 3.03. The third-order valence-electron chi connectivity index (χ3n) is 6.46. The highest BCUT2D eigenvalue weighted by molar-refractivity contribution is 8.05. The van der Waals surface area contributed by atoms with Crippen LogP contribution >= 0.6 is 35.1 Å². The molecule has 3 atom stereocenters. The van der Waals surface area contributed by atoms with Crippen LogP contribution in [0.1, 0.15) is 35.9 Å². The van der Waals surface area contributed by atoms with Gasteiger partial charge in [0.25, 0.3) is 0 Å². The molecule has 0 amide bonds. The fourth-order valence-electron chi connectivity index (χ4n) is 4.79. The summed E-state index contributed by atoms with van der Waals surface area (Å²) in [6.45, 7) is 3.58. The van der Waals surface area contributed by atoms with E-state index in [0.29, 0.717) is 10.7 Å². The summed E-state index contributed by atoms with van der Waals surface area (Å²) in [7, 11) is 7.92. The van der Waals surface area contributed by atoms with Crippen molar-refractivity contribution in [3.05, 3.63) is 46.1 Å². The summed E-state index contributed by atoms with van der Waals surface area (Å²) in [6.07, 6.45) is 5.51. The number of piperidine rings is 1. The van der Waals surface area contributed by atoms with E-state index in [0.717, 1.165) is 45.4 Å². The summed E-state index contributed by atoms with van der Waals surface area (Å²) in [4.78, 5) is 2.63. The van der Waals surface area contributed by atoms with E-state index in [1.807, 2.05) is 23.9 Å². The van der Waals surface area contributed by atoms with E-state index >= 15 is 0 Å². The smallest absolute Gasteiger partial charge is 0.190 e. The quantitative estimate of drug-likeness (QED) is 0.372. The predicted molar refractivity (Wildman–Crippen MR) is 123 cm³/mol. The molecule has 29 heavy (non-hydrogen) atoms. The Morgan fingerprint density at radius 3 is 2.90 bits per heavy atom. The number of likely N-dealkylation sites (tertiary alicyclic amines) is 1. The highest BCUT2D eigenvalue weighted by Gasteiger charge is 2.60. The third kappa shape index (κ3) is 3.91. The zero-order valence-corrected chi connectivity index (χ0v) is 18.9. The second-order valence-corrected chi connectivity index (χ2v) is 11.3. The number of hydrogen-bond donors (Lipinski definition) is 0. The molecule has 3 unspecified atom stereocenters. The van der Waals surface area contributed by atoms with Crippen LogP contribution in [0.25, 0.3) is 0 Å². The van der Waals surface area contributed by atoms with Crippen LogP contribution in [0, 0.1) is 5.92 Å². The fraction of sp³-hybridized carbons (Fsp3) is 0.524. The molecule has 2 fully saturated rings. The molecular weight excluding hydrogens is 419 g/mol. The molecule has 1 aromatic heterocycles. The Morgan fingerprint density at radius 1 is 1.31 bits per heavy atom. The summed E-state index contributed by atoms with van der Waals surface area (Å²) < 4.78 is 3.00. The zero-order chi connectivity index (χ0) is 20.0. The summed E-state index contributed by atoms with van der Waals surface area (Å²) in [5.74, 6) is 2.91. The summed E-state index contributed by atoms with van der Waals surface area (Å²) in [5, 5.41) is 10.1. The lowest BCUT2D eigenvalue weighted by Gasteiger charge is -2.21. The molecule has 1 saturated carbocycles. The van der Waals surface area contributed by atoms with Crippen molar-refractivity contribution in [1.29, 1.82) is 0 Å². The van der Waals surface area contributed by atoms with Gasteiger partial charge in [0.2, 0.25) is 0 Å². The first-order chi connectivity index (χ1) is 14.0. The van der Waals surface area contributed by atoms with E-state index in [9.17, 15) is 0 Å². The molecule has 0 spiro atoms. The molecular formula is C21H24BClN4S2. The number of halogens is 1. The van der Waals surface area contributed by atoms with Crippen LogP contribution in [0.2, 0.25) is 0 Å². The molecule has 8 heteroatoms. The van der Waals surface area contributed by atoms with E-state index in [1.54, 1.807) is 11.8 Å². The highest BCUT2D eigenvalue weighted by atomic mass is 35.5. The van der Waals surface area contributed by atoms with Gasteiger partial charge in [-0.3, -0.25) is 0 Å². The Morgan fingerprint density at radius 2 is 2.14 bits per heavy atom. The Kier molecular flexibility index (Phi) is 5.52. The lowest BCUT2D eigenvalue weighted by atomic mass is 9.89. The fourth-order valence-corrected chi connectivity index (χ4v) is 7.01. The number of allylic oxidation sites excluding steroid dienone is 1. The van der Waals surface area contributed by atoms with Crippen molar-refractivity contribution in [2.24, 2.45) is 13.0 Å². The van der Waals surface area contributed by atoms with Crippen molar-refractivity contribution in [2.75, 3.05) is 25.4 Å².